The maximum absolute atomic E-state index is 13.4. The van der Waals surface area contributed by atoms with Gasteiger partial charge in [-0.2, -0.15) is 17.2 Å². The molecule has 0 aromatic heterocycles. The van der Waals surface area contributed by atoms with Crippen LogP contribution in [0.15, 0.2) is 0 Å². The Kier molecular flexibility index (Phi) is 3.97. The molecule has 0 aromatic carbocycles. The molecule has 2 aliphatic rings. The van der Waals surface area contributed by atoms with E-state index < -0.39 is 21.8 Å². The summed E-state index contributed by atoms with van der Waals surface area (Å²) >= 11 is 0. The van der Waals surface area contributed by atoms with Crippen LogP contribution < -0.4 is 0 Å². The number of rotatable bonds is 3. The van der Waals surface area contributed by atoms with Crippen LogP contribution in [0.4, 0.5) is 8.78 Å². The minimum atomic E-state index is -5.27. The van der Waals surface area contributed by atoms with Crippen molar-refractivity contribution in [1.82, 2.24) is 0 Å². The van der Waals surface area contributed by atoms with Crippen LogP contribution in [0.3, 0.4) is 0 Å². The molecule has 0 saturated heterocycles. The summed E-state index contributed by atoms with van der Waals surface area (Å²) in [6, 6.07) is 0. The van der Waals surface area contributed by atoms with Crippen molar-refractivity contribution in [3.8, 4) is 0 Å². The zero-order valence-corrected chi connectivity index (χ0v) is 11.1. The Balaban J connectivity index is 2.08. The molecule has 1 N–H and O–H groups in total. The van der Waals surface area contributed by atoms with Crippen molar-refractivity contribution in [3.63, 3.8) is 0 Å². The van der Waals surface area contributed by atoms with E-state index >= 15 is 0 Å². The van der Waals surface area contributed by atoms with Gasteiger partial charge in [-0.3, -0.25) is 4.55 Å². The molecule has 6 heteroatoms. The van der Waals surface area contributed by atoms with E-state index in [1.807, 2.05) is 0 Å². The second kappa shape index (κ2) is 5.04. The topological polar surface area (TPSA) is 54.4 Å². The van der Waals surface area contributed by atoms with Crippen molar-refractivity contribution in [2.24, 2.45) is 17.8 Å². The van der Waals surface area contributed by atoms with Crippen LogP contribution >= 0.6 is 0 Å². The lowest BCUT2D eigenvalue weighted by Gasteiger charge is -2.42. The summed E-state index contributed by atoms with van der Waals surface area (Å²) in [4.78, 5) is 0. The second-order valence-electron chi connectivity index (χ2n) is 5.72. The lowest BCUT2D eigenvalue weighted by molar-refractivity contribution is 0.00851. The highest BCUT2D eigenvalue weighted by atomic mass is 32.2. The van der Waals surface area contributed by atoms with E-state index in [1.165, 1.54) is 0 Å². The van der Waals surface area contributed by atoms with Gasteiger partial charge < -0.3 is 0 Å². The molecular formula is C12H20F2O3S. The highest BCUT2D eigenvalue weighted by Gasteiger charge is 2.48. The Bertz CT molecular complexity index is 392. The summed E-state index contributed by atoms with van der Waals surface area (Å²) in [6.45, 7) is 0. The lowest BCUT2D eigenvalue weighted by Crippen LogP contribution is -2.38. The van der Waals surface area contributed by atoms with Crippen LogP contribution in [-0.4, -0.2) is 18.2 Å². The fourth-order valence-electron chi connectivity index (χ4n) is 3.74. The molecular weight excluding hydrogens is 262 g/mol. The van der Waals surface area contributed by atoms with Crippen molar-refractivity contribution in [3.05, 3.63) is 0 Å². The zero-order chi connectivity index (χ0) is 13.4. The van der Waals surface area contributed by atoms with Crippen LogP contribution in [0, 0.1) is 17.8 Å². The van der Waals surface area contributed by atoms with Crippen molar-refractivity contribution in [1.29, 1.82) is 0 Å². The van der Waals surface area contributed by atoms with E-state index in [9.17, 15) is 17.2 Å². The lowest BCUT2D eigenvalue weighted by atomic mass is 9.65. The van der Waals surface area contributed by atoms with E-state index in [1.54, 1.807) is 0 Å². The molecule has 2 saturated carbocycles. The SMILES string of the molecule is O=S(=O)(O)C(F)(F)CC1CCCC2CCCCC21. The fraction of sp³-hybridized carbons (Fsp3) is 1.00. The van der Waals surface area contributed by atoms with Crippen LogP contribution in [-0.2, 0) is 10.1 Å². The highest BCUT2D eigenvalue weighted by Crippen LogP contribution is 2.47. The van der Waals surface area contributed by atoms with E-state index in [2.05, 4.69) is 0 Å². The largest absolute Gasteiger partial charge is 0.370 e. The van der Waals surface area contributed by atoms with Gasteiger partial charge in [0.2, 0.25) is 0 Å². The quantitative estimate of drug-likeness (QED) is 0.806. The summed E-state index contributed by atoms with van der Waals surface area (Å²) in [6.07, 6.45) is 6.14. The maximum Gasteiger partial charge on any atom is 0.370 e. The third kappa shape index (κ3) is 2.85. The molecule has 0 heterocycles. The average molecular weight is 282 g/mol. The Labute approximate surface area is 107 Å². The summed E-state index contributed by atoms with van der Waals surface area (Å²) in [5, 5.41) is -3.99. The minimum absolute atomic E-state index is 0.222. The molecule has 0 radical (unpaired) electrons. The van der Waals surface area contributed by atoms with E-state index in [0.717, 1.165) is 38.5 Å². The minimum Gasteiger partial charge on any atom is -0.281 e. The first-order chi connectivity index (χ1) is 8.31. The molecule has 2 rings (SSSR count). The third-order valence-electron chi connectivity index (χ3n) is 4.60. The van der Waals surface area contributed by atoms with Gasteiger partial charge in [0.15, 0.2) is 0 Å². The van der Waals surface area contributed by atoms with Crippen LogP contribution in [0.1, 0.15) is 51.4 Å². The Morgan fingerprint density at radius 3 is 2.33 bits per heavy atom. The normalized spacial score (nSPS) is 34.1. The maximum atomic E-state index is 13.4. The number of hydrogen-bond donors (Lipinski definition) is 1. The molecule has 0 amide bonds. The molecule has 18 heavy (non-hydrogen) atoms. The van der Waals surface area contributed by atoms with Crippen molar-refractivity contribution in [2.45, 2.75) is 56.6 Å². The van der Waals surface area contributed by atoms with Crippen LogP contribution in [0.5, 0.6) is 0 Å². The summed E-state index contributed by atoms with van der Waals surface area (Å²) in [5.74, 6) is 0.441. The molecule has 0 bridgehead atoms. The van der Waals surface area contributed by atoms with Gasteiger partial charge in [0, 0.05) is 6.42 Å². The highest BCUT2D eigenvalue weighted by molar-refractivity contribution is 7.86. The van der Waals surface area contributed by atoms with Gasteiger partial charge in [0.05, 0.1) is 0 Å². The Morgan fingerprint density at radius 1 is 1.06 bits per heavy atom. The number of hydrogen-bond acceptors (Lipinski definition) is 2. The monoisotopic (exact) mass is 282 g/mol. The van der Waals surface area contributed by atoms with E-state index in [-0.39, 0.29) is 11.8 Å². The van der Waals surface area contributed by atoms with Crippen LogP contribution in [0.25, 0.3) is 0 Å². The number of alkyl halides is 2. The first-order valence-corrected chi connectivity index (χ1v) is 8.10. The Hall–Kier alpha value is -0.230. The van der Waals surface area contributed by atoms with Gasteiger partial charge in [-0.05, 0) is 30.6 Å². The molecule has 106 valence electrons. The molecule has 2 fully saturated rings. The molecule has 2 aliphatic carbocycles. The van der Waals surface area contributed by atoms with Crippen LogP contribution in [0.2, 0.25) is 0 Å². The van der Waals surface area contributed by atoms with E-state index in [0.29, 0.717) is 12.3 Å². The molecule has 3 nitrogen and oxygen atoms in total. The van der Waals surface area contributed by atoms with Gasteiger partial charge in [0.1, 0.15) is 0 Å². The predicted molar refractivity (Wildman–Crippen MR) is 63.9 cm³/mol. The van der Waals surface area contributed by atoms with Gasteiger partial charge in [0.25, 0.3) is 0 Å². The van der Waals surface area contributed by atoms with Crippen molar-refractivity contribution >= 4 is 10.1 Å². The standard InChI is InChI=1S/C12H20F2O3S/c13-12(14,18(15,16)17)8-10-6-3-5-9-4-1-2-7-11(9)10/h9-11H,1-8H2,(H,15,16,17). The second-order valence-corrected chi connectivity index (χ2v) is 7.26. The average Bonchev–Trinajstić information content (AvgIpc) is 2.27. The predicted octanol–water partition coefficient (Wildman–Crippen LogP) is 3.46. The summed E-state index contributed by atoms with van der Waals surface area (Å²) in [7, 11) is -5.27. The van der Waals surface area contributed by atoms with Gasteiger partial charge in [-0.25, -0.2) is 0 Å². The Morgan fingerprint density at radius 2 is 1.67 bits per heavy atom. The molecule has 0 spiro atoms. The fourth-order valence-corrected chi connectivity index (χ4v) is 4.16. The van der Waals surface area contributed by atoms with Crippen molar-refractivity contribution in [2.75, 3.05) is 0 Å². The van der Waals surface area contributed by atoms with Gasteiger partial charge in [-0.1, -0.05) is 32.1 Å². The first kappa shape index (κ1) is 14.2. The first-order valence-electron chi connectivity index (χ1n) is 6.66. The van der Waals surface area contributed by atoms with E-state index in [4.69, 9.17) is 4.55 Å². The molecule has 0 aliphatic heterocycles. The zero-order valence-electron chi connectivity index (χ0n) is 10.3. The third-order valence-corrected chi connectivity index (χ3v) is 5.52. The summed E-state index contributed by atoms with van der Waals surface area (Å²) in [5.41, 5.74) is 0. The summed E-state index contributed by atoms with van der Waals surface area (Å²) < 4.78 is 56.9. The van der Waals surface area contributed by atoms with Crippen molar-refractivity contribution < 1.29 is 21.8 Å². The molecule has 3 unspecified atom stereocenters. The number of fused-ring (bicyclic) bond motifs is 1. The molecule has 0 aromatic rings. The molecule has 3 atom stereocenters. The van der Waals surface area contributed by atoms with Gasteiger partial charge in [-0.15, -0.1) is 0 Å². The smallest absolute Gasteiger partial charge is 0.281 e. The number of halogens is 2. The van der Waals surface area contributed by atoms with Gasteiger partial charge >= 0.3 is 15.4 Å².